The molecule has 0 aromatic rings. The molecule has 112 valence electrons. The van der Waals surface area contributed by atoms with Crippen molar-refractivity contribution >= 4 is 11.8 Å². The molecule has 0 bridgehead atoms. The fourth-order valence-corrected chi connectivity index (χ4v) is 2.97. The zero-order valence-corrected chi connectivity index (χ0v) is 11.7. The van der Waals surface area contributed by atoms with E-state index in [-0.39, 0.29) is 24.3 Å². The molecule has 1 saturated carbocycles. The van der Waals surface area contributed by atoms with Gasteiger partial charge >= 0.3 is 0 Å². The van der Waals surface area contributed by atoms with Crippen LogP contribution in [-0.4, -0.2) is 55.3 Å². The summed E-state index contributed by atoms with van der Waals surface area (Å²) in [5.41, 5.74) is 0. The molecule has 6 nitrogen and oxygen atoms in total. The van der Waals surface area contributed by atoms with E-state index in [4.69, 9.17) is 9.47 Å². The van der Waals surface area contributed by atoms with Gasteiger partial charge in [-0.15, -0.1) is 0 Å². The average Bonchev–Trinajstić information content (AvgIpc) is 2.83. The Kier molecular flexibility index (Phi) is 3.94. The predicted molar refractivity (Wildman–Crippen MR) is 70.8 cm³/mol. The molecule has 3 rings (SSSR count). The van der Waals surface area contributed by atoms with Crippen molar-refractivity contribution in [1.29, 1.82) is 0 Å². The lowest BCUT2D eigenvalue weighted by Gasteiger charge is -2.37. The van der Waals surface area contributed by atoms with Crippen molar-refractivity contribution in [1.82, 2.24) is 10.2 Å². The summed E-state index contributed by atoms with van der Waals surface area (Å²) in [7, 11) is 0. The van der Waals surface area contributed by atoms with Crippen LogP contribution in [0, 0.1) is 5.92 Å². The Morgan fingerprint density at radius 2 is 1.80 bits per heavy atom. The first kappa shape index (κ1) is 13.8. The smallest absolute Gasteiger partial charge is 0.241 e. The summed E-state index contributed by atoms with van der Waals surface area (Å²) in [6, 6.07) is 0. The molecular formula is C14H22N2O4. The fourth-order valence-electron chi connectivity index (χ4n) is 2.97. The number of likely N-dealkylation sites (tertiary alicyclic amines) is 1. The molecule has 0 aromatic heterocycles. The third kappa shape index (κ3) is 2.81. The van der Waals surface area contributed by atoms with E-state index < -0.39 is 5.79 Å². The highest BCUT2D eigenvalue weighted by Crippen LogP contribution is 2.31. The minimum absolute atomic E-state index is 0.00878. The second kappa shape index (κ2) is 5.69. The number of nitrogens with one attached hydrogen (secondary N) is 1. The molecule has 2 saturated heterocycles. The van der Waals surface area contributed by atoms with E-state index in [0.29, 0.717) is 26.3 Å². The van der Waals surface area contributed by atoms with Crippen LogP contribution in [0.5, 0.6) is 0 Å². The minimum Gasteiger partial charge on any atom is -0.347 e. The first-order valence-electron chi connectivity index (χ1n) is 7.52. The highest BCUT2D eigenvalue weighted by molar-refractivity contribution is 5.86. The topological polar surface area (TPSA) is 67.9 Å². The molecular weight excluding hydrogens is 260 g/mol. The number of hydrogen-bond acceptors (Lipinski definition) is 4. The number of rotatable bonds is 3. The molecule has 2 amide bonds. The summed E-state index contributed by atoms with van der Waals surface area (Å²) in [6.45, 7) is 2.68. The van der Waals surface area contributed by atoms with Crippen molar-refractivity contribution in [2.45, 2.75) is 37.9 Å². The van der Waals surface area contributed by atoms with Gasteiger partial charge in [-0.05, 0) is 12.8 Å². The maximum atomic E-state index is 12.1. The van der Waals surface area contributed by atoms with Gasteiger partial charge in [-0.2, -0.15) is 0 Å². The molecule has 20 heavy (non-hydrogen) atoms. The number of carbonyl (C=O) groups is 2. The van der Waals surface area contributed by atoms with Gasteiger partial charge in [-0.3, -0.25) is 9.59 Å². The van der Waals surface area contributed by atoms with Gasteiger partial charge < -0.3 is 19.7 Å². The van der Waals surface area contributed by atoms with Crippen LogP contribution in [-0.2, 0) is 19.1 Å². The van der Waals surface area contributed by atoms with E-state index in [1.165, 1.54) is 0 Å². The number of nitrogens with zero attached hydrogens (tertiary/aromatic N) is 1. The van der Waals surface area contributed by atoms with Crippen LogP contribution in [0.15, 0.2) is 0 Å². The van der Waals surface area contributed by atoms with E-state index in [9.17, 15) is 9.59 Å². The summed E-state index contributed by atoms with van der Waals surface area (Å²) in [5, 5.41) is 2.75. The third-order valence-corrected chi connectivity index (χ3v) is 4.58. The van der Waals surface area contributed by atoms with Crippen molar-refractivity contribution in [3.63, 3.8) is 0 Å². The lowest BCUT2D eigenvalue weighted by Crippen LogP contribution is -2.50. The Bertz CT molecular complexity index is 379. The molecule has 2 heterocycles. The quantitative estimate of drug-likeness (QED) is 0.807. The van der Waals surface area contributed by atoms with Gasteiger partial charge in [0.25, 0.3) is 0 Å². The van der Waals surface area contributed by atoms with Crippen LogP contribution in [0.25, 0.3) is 0 Å². The Labute approximate surface area is 118 Å². The standard InChI is InChI=1S/C14H22N2O4/c17-12(10-15-13(18)11-2-1-3-11)16-6-4-14(5-7-16)19-8-9-20-14/h11H,1-10H2,(H,15,18). The van der Waals surface area contributed by atoms with E-state index in [1.54, 1.807) is 4.90 Å². The van der Waals surface area contributed by atoms with Crippen LogP contribution in [0.2, 0.25) is 0 Å². The van der Waals surface area contributed by atoms with E-state index in [1.807, 2.05) is 0 Å². The Morgan fingerprint density at radius 3 is 2.35 bits per heavy atom. The number of ether oxygens (including phenoxy) is 2. The van der Waals surface area contributed by atoms with Gasteiger partial charge in [0.2, 0.25) is 11.8 Å². The van der Waals surface area contributed by atoms with Gasteiger partial charge in [0.05, 0.1) is 19.8 Å². The second-order valence-electron chi connectivity index (χ2n) is 5.83. The minimum atomic E-state index is -0.452. The lowest BCUT2D eigenvalue weighted by atomic mass is 9.85. The number of piperidine rings is 1. The van der Waals surface area contributed by atoms with Crippen molar-refractivity contribution in [3.8, 4) is 0 Å². The lowest BCUT2D eigenvalue weighted by molar-refractivity contribution is -0.187. The molecule has 0 atom stereocenters. The van der Waals surface area contributed by atoms with Gasteiger partial charge in [0.1, 0.15) is 0 Å². The van der Waals surface area contributed by atoms with Crippen molar-refractivity contribution < 1.29 is 19.1 Å². The monoisotopic (exact) mass is 282 g/mol. The molecule has 1 aliphatic carbocycles. The predicted octanol–water partition coefficient (Wildman–Crippen LogP) is 0.268. The van der Waals surface area contributed by atoms with Crippen molar-refractivity contribution in [2.24, 2.45) is 5.92 Å². The Balaban J connectivity index is 1.41. The van der Waals surface area contributed by atoms with E-state index in [0.717, 1.165) is 32.1 Å². The highest BCUT2D eigenvalue weighted by atomic mass is 16.7. The first-order chi connectivity index (χ1) is 9.69. The molecule has 2 aliphatic heterocycles. The number of amides is 2. The van der Waals surface area contributed by atoms with E-state index >= 15 is 0 Å². The molecule has 6 heteroatoms. The Morgan fingerprint density at radius 1 is 1.15 bits per heavy atom. The molecule has 1 N–H and O–H groups in total. The fraction of sp³-hybridized carbons (Fsp3) is 0.857. The Hall–Kier alpha value is -1.14. The van der Waals surface area contributed by atoms with Gasteiger partial charge in [-0.25, -0.2) is 0 Å². The molecule has 1 spiro atoms. The zero-order chi connectivity index (χ0) is 14.0. The van der Waals surface area contributed by atoms with Crippen LogP contribution < -0.4 is 5.32 Å². The largest absolute Gasteiger partial charge is 0.347 e. The maximum Gasteiger partial charge on any atom is 0.241 e. The van der Waals surface area contributed by atoms with Gasteiger partial charge in [0.15, 0.2) is 5.79 Å². The molecule has 3 fully saturated rings. The normalized spacial score (nSPS) is 25.5. The number of hydrogen-bond donors (Lipinski definition) is 1. The summed E-state index contributed by atoms with van der Waals surface area (Å²) in [5.74, 6) is -0.301. The average molecular weight is 282 g/mol. The molecule has 0 unspecified atom stereocenters. The van der Waals surface area contributed by atoms with Crippen molar-refractivity contribution in [3.05, 3.63) is 0 Å². The molecule has 0 radical (unpaired) electrons. The summed E-state index contributed by atoms with van der Waals surface area (Å²) < 4.78 is 11.3. The van der Waals surface area contributed by atoms with Gasteiger partial charge in [-0.1, -0.05) is 6.42 Å². The highest BCUT2D eigenvalue weighted by Gasteiger charge is 2.40. The van der Waals surface area contributed by atoms with Crippen LogP contribution >= 0.6 is 0 Å². The van der Waals surface area contributed by atoms with Crippen LogP contribution in [0.3, 0.4) is 0 Å². The molecule has 0 aromatic carbocycles. The van der Waals surface area contributed by atoms with E-state index in [2.05, 4.69) is 5.32 Å². The SMILES string of the molecule is O=C(NCC(=O)N1CCC2(CC1)OCCO2)C1CCC1. The number of carbonyl (C=O) groups excluding carboxylic acids is 2. The van der Waals surface area contributed by atoms with Crippen LogP contribution in [0.1, 0.15) is 32.1 Å². The maximum absolute atomic E-state index is 12.1. The zero-order valence-electron chi connectivity index (χ0n) is 11.7. The first-order valence-corrected chi connectivity index (χ1v) is 7.52. The summed E-state index contributed by atoms with van der Waals surface area (Å²) >= 11 is 0. The molecule has 3 aliphatic rings. The third-order valence-electron chi connectivity index (χ3n) is 4.58. The van der Waals surface area contributed by atoms with Crippen molar-refractivity contribution in [2.75, 3.05) is 32.8 Å². The summed E-state index contributed by atoms with van der Waals surface area (Å²) in [4.78, 5) is 25.5. The summed E-state index contributed by atoms with van der Waals surface area (Å²) in [6.07, 6.45) is 4.48. The van der Waals surface area contributed by atoms with Crippen LogP contribution in [0.4, 0.5) is 0 Å². The second-order valence-corrected chi connectivity index (χ2v) is 5.83. The van der Waals surface area contributed by atoms with Gasteiger partial charge in [0, 0.05) is 31.8 Å².